The molecule has 0 unspecified atom stereocenters. The summed E-state index contributed by atoms with van der Waals surface area (Å²) in [5.41, 5.74) is 0. The third-order valence-electron chi connectivity index (χ3n) is 0. The molecule has 0 heterocycles. The summed E-state index contributed by atoms with van der Waals surface area (Å²) in [6, 6.07) is 0. The van der Waals surface area contributed by atoms with Gasteiger partial charge in [0.1, 0.15) is 0 Å². The molecule has 0 spiro atoms. The number of hydrogen-bond acceptors (Lipinski definition) is 0. The Morgan fingerprint density at radius 1 is 1.20 bits per heavy atom. The van der Waals surface area contributed by atoms with E-state index in [2.05, 4.69) is 37.6 Å². The summed E-state index contributed by atoms with van der Waals surface area (Å²) < 4.78 is 0.500. The van der Waals surface area contributed by atoms with Gasteiger partial charge >= 0.3 is 41.8 Å². The Hall–Kier alpha value is 0.558. The molecule has 31 valence electrons. The minimum atomic E-state index is 0.500. The van der Waals surface area contributed by atoms with Crippen molar-refractivity contribution in [3.63, 3.8) is 0 Å². The first kappa shape index (κ1) is 5.56. The Morgan fingerprint density at radius 3 is 1.20 bits per heavy atom. The molecule has 0 fully saturated rings. The molecule has 0 N–H and O–H groups in total. The van der Waals surface area contributed by atoms with Crippen LogP contribution in [0.5, 0.6) is 0 Å². The van der Waals surface area contributed by atoms with Gasteiger partial charge in [-0.1, -0.05) is 0 Å². The van der Waals surface area contributed by atoms with Crippen LogP contribution in [0.1, 0.15) is 20.8 Å². The van der Waals surface area contributed by atoms with E-state index in [1.165, 1.54) is 0 Å². The molecule has 0 aliphatic rings. The summed E-state index contributed by atoms with van der Waals surface area (Å²) in [6.07, 6.45) is 0. The molecule has 0 saturated carbocycles. The number of hydrogen-bond donors (Lipinski definition) is 0. The topological polar surface area (TPSA) is 0 Å². The van der Waals surface area contributed by atoms with Crippen molar-refractivity contribution in [2.75, 3.05) is 0 Å². The van der Waals surface area contributed by atoms with Crippen LogP contribution in [0.15, 0.2) is 0 Å². The predicted octanol–water partition coefficient (Wildman–Crippen LogP) is 1.11. The Kier molecular flexibility index (Phi) is 1.49. The third-order valence-corrected chi connectivity index (χ3v) is 0. The van der Waals surface area contributed by atoms with Crippen molar-refractivity contribution in [2.45, 2.75) is 25.0 Å². The first-order valence-corrected chi connectivity index (χ1v) is 2.80. The summed E-state index contributed by atoms with van der Waals surface area (Å²) >= 11 is 2.19. The maximum absolute atomic E-state index is 2.19. The van der Waals surface area contributed by atoms with E-state index in [9.17, 15) is 0 Å². The van der Waals surface area contributed by atoms with Crippen LogP contribution in [0.4, 0.5) is 0 Å². The summed E-state index contributed by atoms with van der Waals surface area (Å²) in [4.78, 5) is 0. The van der Waals surface area contributed by atoms with E-state index >= 15 is 0 Å². The molecule has 0 aromatic carbocycles. The van der Waals surface area contributed by atoms with Crippen molar-refractivity contribution in [2.24, 2.45) is 0 Å². The molecular weight excluding hydrogens is 123 g/mol. The molecule has 0 amide bonds. The average molecular weight is 133 g/mol. The third kappa shape index (κ3) is 95.7. The summed E-state index contributed by atoms with van der Waals surface area (Å²) in [5.74, 6) is 0. The predicted molar refractivity (Wildman–Crippen MR) is 26.9 cm³/mol. The van der Waals surface area contributed by atoms with Crippen molar-refractivity contribution >= 4 is 16.9 Å². The molecule has 0 aromatic heterocycles. The van der Waals surface area contributed by atoms with E-state index in [-0.39, 0.29) is 0 Å². The zero-order valence-corrected chi connectivity index (χ0v) is 6.10. The van der Waals surface area contributed by atoms with E-state index in [1.807, 2.05) is 0 Å². The van der Waals surface area contributed by atoms with Gasteiger partial charge in [0.25, 0.3) is 0 Å². The van der Waals surface area contributed by atoms with Crippen LogP contribution in [-0.2, 0) is 0 Å². The zero-order valence-electron chi connectivity index (χ0n) is 4.00. The van der Waals surface area contributed by atoms with E-state index in [0.29, 0.717) is 4.20 Å². The van der Waals surface area contributed by atoms with Gasteiger partial charge in [0, 0.05) is 0 Å². The number of rotatable bonds is 0. The van der Waals surface area contributed by atoms with Crippen LogP contribution >= 0.6 is 0 Å². The van der Waals surface area contributed by atoms with Crippen molar-refractivity contribution in [1.29, 1.82) is 0 Å². The average Bonchev–Trinajstić information content (AvgIpc) is 0.722. The fraction of sp³-hybridized carbons (Fsp3) is 1.00. The van der Waals surface area contributed by atoms with Crippen LogP contribution in [-0.4, -0.2) is 16.9 Å². The summed E-state index contributed by atoms with van der Waals surface area (Å²) in [7, 11) is 0. The molecule has 1 heteroatoms. The first-order valence-electron chi connectivity index (χ1n) is 1.75. The fourth-order valence-corrected chi connectivity index (χ4v) is 0. The van der Waals surface area contributed by atoms with Gasteiger partial charge in [0.15, 0.2) is 0 Å². The van der Waals surface area contributed by atoms with Gasteiger partial charge < -0.3 is 0 Å². The van der Waals surface area contributed by atoms with E-state index < -0.39 is 0 Å². The Labute approximate surface area is 42.5 Å². The second-order valence-electron chi connectivity index (χ2n) is 2.25. The first-order chi connectivity index (χ1) is 2.00. The molecular formula is C4H10As. The molecule has 0 nitrogen and oxygen atoms in total. The van der Waals surface area contributed by atoms with Gasteiger partial charge in [0.05, 0.1) is 0 Å². The molecule has 0 aliphatic carbocycles. The zero-order chi connectivity index (χ0) is 4.50. The molecule has 0 bridgehead atoms. The van der Waals surface area contributed by atoms with Gasteiger partial charge in [-0.3, -0.25) is 0 Å². The SMILES string of the molecule is CC(C)(C)[AsH]. The van der Waals surface area contributed by atoms with E-state index in [1.54, 1.807) is 0 Å². The normalized spacial score (nSPS) is 12.0. The van der Waals surface area contributed by atoms with Crippen LogP contribution in [0.3, 0.4) is 0 Å². The monoisotopic (exact) mass is 133 g/mol. The molecule has 0 atom stereocenters. The van der Waals surface area contributed by atoms with Crippen molar-refractivity contribution in [3.05, 3.63) is 0 Å². The fourth-order valence-electron chi connectivity index (χ4n) is 0. The van der Waals surface area contributed by atoms with E-state index in [4.69, 9.17) is 0 Å². The van der Waals surface area contributed by atoms with Crippen LogP contribution in [0.2, 0.25) is 4.20 Å². The van der Waals surface area contributed by atoms with Gasteiger partial charge in [-0.05, 0) is 0 Å². The van der Waals surface area contributed by atoms with Crippen molar-refractivity contribution in [3.8, 4) is 0 Å². The molecule has 0 rings (SSSR count). The molecule has 0 saturated heterocycles. The standard InChI is InChI=1S/C4H10As/c1-4(2,3)5/h5H,1-3H3. The van der Waals surface area contributed by atoms with Crippen molar-refractivity contribution < 1.29 is 0 Å². The molecule has 0 aromatic rings. The molecule has 0 aliphatic heterocycles. The maximum atomic E-state index is 2.19. The van der Waals surface area contributed by atoms with Gasteiger partial charge in [0.2, 0.25) is 0 Å². The second-order valence-corrected chi connectivity index (χ2v) is 5.40. The Bertz CT molecular complexity index is 19.1. The Morgan fingerprint density at radius 2 is 1.20 bits per heavy atom. The van der Waals surface area contributed by atoms with E-state index in [0.717, 1.165) is 0 Å². The summed E-state index contributed by atoms with van der Waals surface area (Å²) in [5, 5.41) is 0. The van der Waals surface area contributed by atoms with Crippen LogP contribution < -0.4 is 0 Å². The Balaban J connectivity index is 3.02. The van der Waals surface area contributed by atoms with Gasteiger partial charge in [-0.2, -0.15) is 0 Å². The molecule has 5 heavy (non-hydrogen) atoms. The quantitative estimate of drug-likeness (QED) is 0.434. The van der Waals surface area contributed by atoms with Crippen LogP contribution in [0, 0.1) is 0 Å². The van der Waals surface area contributed by atoms with Crippen LogP contribution in [0.25, 0.3) is 0 Å². The second kappa shape index (κ2) is 1.34. The van der Waals surface area contributed by atoms with Gasteiger partial charge in [-0.15, -0.1) is 0 Å². The summed E-state index contributed by atoms with van der Waals surface area (Å²) in [6.45, 7) is 6.56. The minimum absolute atomic E-state index is 0.500. The van der Waals surface area contributed by atoms with Crippen molar-refractivity contribution in [1.82, 2.24) is 0 Å². The van der Waals surface area contributed by atoms with Gasteiger partial charge in [-0.25, -0.2) is 0 Å². The molecule has 1 radical (unpaired) electrons.